The summed E-state index contributed by atoms with van der Waals surface area (Å²) in [5, 5.41) is 11.8. The summed E-state index contributed by atoms with van der Waals surface area (Å²) in [5.41, 5.74) is 0. The summed E-state index contributed by atoms with van der Waals surface area (Å²) >= 11 is 0. The van der Waals surface area contributed by atoms with Gasteiger partial charge in [-0.05, 0) is 0 Å². The number of rotatable bonds is 0. The number of piperidine rings is 1. The van der Waals surface area contributed by atoms with Gasteiger partial charge in [0.2, 0.25) is 0 Å². The van der Waals surface area contributed by atoms with Crippen LogP contribution in [0.4, 0.5) is 0 Å². The van der Waals surface area contributed by atoms with E-state index in [1.165, 1.54) is 0 Å². The number of ketones is 1. The van der Waals surface area contributed by atoms with Gasteiger partial charge in [-0.2, -0.15) is 0 Å². The number of nitrogens with zero attached hydrogens (tertiary/aromatic N) is 1. The molecule has 2 unspecified atom stereocenters. The Kier molecular flexibility index (Phi) is 0.848. The van der Waals surface area contributed by atoms with Crippen LogP contribution in [-0.4, -0.2) is 29.6 Å². The zero-order valence-corrected chi connectivity index (χ0v) is 6.32. The second-order valence-electron chi connectivity index (χ2n) is 4.24. The Balaban J connectivity index is 2.08. The molecule has 60 valence electrons. The minimum atomic E-state index is -0.0267. The molecule has 2 atom stereocenters. The highest BCUT2D eigenvalue weighted by Crippen LogP contribution is 2.48. The molecule has 1 aliphatic carbocycles. The second-order valence-corrected chi connectivity index (χ2v) is 4.24. The lowest BCUT2D eigenvalue weighted by Crippen LogP contribution is -2.46. The molecule has 4 rings (SSSR count). The largest absolute Gasteiger partial charge is 0.633 e. The molecule has 4 bridgehead atoms. The highest BCUT2D eigenvalue weighted by molar-refractivity contribution is 5.85. The Morgan fingerprint density at radius 3 is 2.27 bits per heavy atom. The number of quaternary nitrogens is 1. The molecular formula is C8H11NO2. The van der Waals surface area contributed by atoms with Crippen molar-refractivity contribution in [3.05, 3.63) is 5.21 Å². The molecule has 0 spiro atoms. The molecular weight excluding hydrogens is 142 g/mol. The van der Waals surface area contributed by atoms with Crippen LogP contribution < -0.4 is 0 Å². The van der Waals surface area contributed by atoms with E-state index in [4.69, 9.17) is 0 Å². The molecule has 3 nitrogen and oxygen atoms in total. The smallest absolute Gasteiger partial charge is 0.150 e. The molecule has 1 saturated carbocycles. The van der Waals surface area contributed by atoms with Crippen LogP contribution in [0.1, 0.15) is 12.8 Å². The number of hydrogen-bond acceptors (Lipinski definition) is 2. The molecule has 0 aromatic carbocycles. The molecule has 3 saturated heterocycles. The zero-order chi connectivity index (χ0) is 7.64. The SMILES string of the molecule is O=C1C2CC3CC1C[N+]3([O-])C2. The summed E-state index contributed by atoms with van der Waals surface area (Å²) in [5.74, 6) is 0.679. The van der Waals surface area contributed by atoms with Crippen LogP contribution in [0.15, 0.2) is 0 Å². The average molecular weight is 153 g/mol. The van der Waals surface area contributed by atoms with E-state index in [1.807, 2.05) is 0 Å². The molecule has 11 heavy (non-hydrogen) atoms. The number of hydrogen-bond donors (Lipinski definition) is 0. The van der Waals surface area contributed by atoms with Gasteiger partial charge < -0.3 is 9.85 Å². The Hall–Kier alpha value is -0.410. The fraction of sp³-hybridized carbons (Fsp3) is 0.875. The predicted octanol–water partition coefficient (Wildman–Crippen LogP) is 0.292. The topological polar surface area (TPSA) is 40.1 Å². The van der Waals surface area contributed by atoms with E-state index >= 15 is 0 Å². The zero-order valence-electron chi connectivity index (χ0n) is 6.32. The normalized spacial score (nSPS) is 59.4. The lowest BCUT2D eigenvalue weighted by atomic mass is 9.82. The van der Waals surface area contributed by atoms with E-state index in [-0.39, 0.29) is 16.5 Å². The highest BCUT2D eigenvalue weighted by Gasteiger charge is 2.58. The maximum absolute atomic E-state index is 11.8. The maximum Gasteiger partial charge on any atom is 0.150 e. The van der Waals surface area contributed by atoms with Crippen molar-refractivity contribution in [1.82, 2.24) is 0 Å². The maximum atomic E-state index is 11.8. The number of carbonyl (C=O) groups is 1. The lowest BCUT2D eigenvalue weighted by molar-refractivity contribution is -0.882. The van der Waals surface area contributed by atoms with Gasteiger partial charge in [0.1, 0.15) is 0 Å². The summed E-state index contributed by atoms with van der Waals surface area (Å²) < 4.78 is -0.0267. The predicted molar refractivity (Wildman–Crippen MR) is 38.4 cm³/mol. The van der Waals surface area contributed by atoms with E-state index in [0.717, 1.165) is 12.8 Å². The third-order valence-corrected chi connectivity index (χ3v) is 3.64. The lowest BCUT2D eigenvalue weighted by Gasteiger charge is -2.40. The Labute approximate surface area is 65.2 Å². The van der Waals surface area contributed by atoms with Crippen LogP contribution in [0.25, 0.3) is 0 Å². The van der Waals surface area contributed by atoms with Gasteiger partial charge in [-0.15, -0.1) is 0 Å². The van der Waals surface area contributed by atoms with Crippen LogP contribution in [-0.2, 0) is 4.79 Å². The Morgan fingerprint density at radius 1 is 1.27 bits per heavy atom. The number of Topliss-reactive ketones (excluding diaryl/α,β-unsaturated/α-hetero) is 1. The molecule has 0 radical (unpaired) electrons. The molecule has 0 N–H and O–H groups in total. The quantitative estimate of drug-likeness (QED) is 0.371. The molecule has 3 heterocycles. The first-order chi connectivity index (χ1) is 5.19. The van der Waals surface area contributed by atoms with Crippen molar-refractivity contribution in [2.75, 3.05) is 13.1 Å². The van der Waals surface area contributed by atoms with Gasteiger partial charge in [0.15, 0.2) is 5.78 Å². The van der Waals surface area contributed by atoms with Crippen LogP contribution in [0.2, 0.25) is 0 Å². The molecule has 0 aromatic rings. The first-order valence-corrected chi connectivity index (χ1v) is 4.30. The summed E-state index contributed by atoms with van der Waals surface area (Å²) in [6.07, 6.45) is 1.78. The van der Waals surface area contributed by atoms with Crippen molar-refractivity contribution >= 4 is 5.78 Å². The van der Waals surface area contributed by atoms with E-state index in [2.05, 4.69) is 0 Å². The van der Waals surface area contributed by atoms with E-state index < -0.39 is 0 Å². The fourth-order valence-corrected chi connectivity index (χ4v) is 3.15. The summed E-state index contributed by atoms with van der Waals surface area (Å²) in [6.45, 7) is 1.19. The third-order valence-electron chi connectivity index (χ3n) is 3.64. The highest BCUT2D eigenvalue weighted by atomic mass is 16.6. The molecule has 4 aliphatic rings. The van der Waals surface area contributed by atoms with E-state index in [9.17, 15) is 10.0 Å². The first-order valence-electron chi connectivity index (χ1n) is 4.30. The fourth-order valence-electron chi connectivity index (χ4n) is 3.15. The van der Waals surface area contributed by atoms with Crippen molar-refractivity contribution in [2.45, 2.75) is 18.9 Å². The van der Waals surface area contributed by atoms with Gasteiger partial charge >= 0.3 is 0 Å². The standard InChI is InChI=1S/C8H11NO2/c10-8-5-1-7-2-6(8)4-9(7,11)3-5/h5-7H,1-4H2. The Morgan fingerprint density at radius 2 is 1.82 bits per heavy atom. The monoisotopic (exact) mass is 153 g/mol. The van der Waals surface area contributed by atoms with E-state index in [1.54, 1.807) is 0 Å². The van der Waals surface area contributed by atoms with Crippen LogP contribution >= 0.6 is 0 Å². The van der Waals surface area contributed by atoms with Gasteiger partial charge in [-0.25, -0.2) is 0 Å². The van der Waals surface area contributed by atoms with Gasteiger partial charge in [-0.3, -0.25) is 4.79 Å². The molecule has 3 aliphatic heterocycles. The molecule has 4 fully saturated rings. The molecule has 3 heteroatoms. The van der Waals surface area contributed by atoms with Gasteiger partial charge in [-0.1, -0.05) is 0 Å². The minimum absolute atomic E-state index is 0.0267. The average Bonchev–Trinajstić information content (AvgIpc) is 2.31. The second kappa shape index (κ2) is 1.52. The molecule has 0 aromatic heterocycles. The van der Waals surface area contributed by atoms with Crippen LogP contribution in [0, 0.1) is 17.0 Å². The van der Waals surface area contributed by atoms with E-state index in [0.29, 0.717) is 24.9 Å². The van der Waals surface area contributed by atoms with Crippen molar-refractivity contribution in [1.29, 1.82) is 0 Å². The first kappa shape index (κ1) is 6.14. The number of carbonyl (C=O) groups excluding carboxylic acids is 1. The van der Waals surface area contributed by atoms with Crippen LogP contribution in [0.5, 0.6) is 0 Å². The Bertz CT molecular complexity index is 220. The van der Waals surface area contributed by atoms with Gasteiger partial charge in [0.05, 0.1) is 31.0 Å². The van der Waals surface area contributed by atoms with Gasteiger partial charge in [0.25, 0.3) is 0 Å². The van der Waals surface area contributed by atoms with Crippen LogP contribution in [0.3, 0.4) is 0 Å². The van der Waals surface area contributed by atoms with Crippen molar-refractivity contribution in [3.63, 3.8) is 0 Å². The summed E-state index contributed by atoms with van der Waals surface area (Å²) in [6, 6.07) is 0.294. The van der Waals surface area contributed by atoms with Crippen molar-refractivity contribution in [2.24, 2.45) is 11.8 Å². The summed E-state index contributed by atoms with van der Waals surface area (Å²) in [7, 11) is 0. The van der Waals surface area contributed by atoms with Crippen molar-refractivity contribution in [3.8, 4) is 0 Å². The van der Waals surface area contributed by atoms with Crippen molar-refractivity contribution < 1.29 is 9.44 Å². The molecule has 0 amide bonds. The number of hydroxylamine groups is 3. The summed E-state index contributed by atoms with van der Waals surface area (Å²) in [4.78, 5) is 11.4. The third kappa shape index (κ3) is 0.554. The minimum Gasteiger partial charge on any atom is -0.633 e. The van der Waals surface area contributed by atoms with Gasteiger partial charge in [0, 0.05) is 12.8 Å².